The first-order valence-electron chi connectivity index (χ1n) is 32.2. The molecule has 0 fully saturated rings. The molecule has 0 aliphatic carbocycles. The number of hydrogen-bond donors (Lipinski definition) is 14. The van der Waals surface area contributed by atoms with E-state index in [0.29, 0.717) is 63.7 Å². The number of carbonyl (C=O) groups excluding carboxylic acids is 9. The minimum Gasteiger partial charge on any atom is -0.370 e. The lowest BCUT2D eigenvalue weighted by Gasteiger charge is -2.27. The van der Waals surface area contributed by atoms with Crippen LogP contribution in [0.2, 0.25) is 0 Å². The van der Waals surface area contributed by atoms with Crippen molar-refractivity contribution >= 4 is 76.2 Å². The van der Waals surface area contributed by atoms with Crippen molar-refractivity contribution in [2.24, 2.45) is 33.0 Å². The summed E-state index contributed by atoms with van der Waals surface area (Å²) in [6.45, 7) is 6.33. The Morgan fingerprint density at radius 2 is 1.07 bits per heavy atom. The summed E-state index contributed by atoms with van der Waals surface area (Å²) in [6.07, 6.45) is 22.6. The van der Waals surface area contributed by atoms with Crippen LogP contribution in [0.5, 0.6) is 0 Å². The molecule has 3 rings (SSSR count). The van der Waals surface area contributed by atoms with Crippen LogP contribution in [0.4, 0.5) is 0 Å². The minimum absolute atomic E-state index is 0.00196. The summed E-state index contributed by atoms with van der Waals surface area (Å²) in [5, 5.41) is 26.5. The molecule has 0 bridgehead atoms. The first-order chi connectivity index (χ1) is 42.9. The van der Waals surface area contributed by atoms with Gasteiger partial charge in [0.05, 0.1) is 0 Å². The van der Waals surface area contributed by atoms with Crippen molar-refractivity contribution in [1.82, 2.24) is 52.9 Å². The lowest BCUT2D eigenvalue weighted by molar-refractivity contribution is -0.135. The van der Waals surface area contributed by atoms with Gasteiger partial charge in [0.25, 0.3) is 5.91 Å². The number of hydrogen-bond acceptors (Lipinski definition) is 13. The Kier molecular flexibility index (Phi) is 38.2. The maximum Gasteiger partial charge on any atom is 0.264 e. The summed E-state index contributed by atoms with van der Waals surface area (Å²) >= 11 is 0. The van der Waals surface area contributed by atoms with Crippen molar-refractivity contribution in [3.8, 4) is 0 Å². The molecule has 1 heterocycles. The topological polar surface area (TPSA) is 406 Å². The van der Waals surface area contributed by atoms with Crippen molar-refractivity contribution < 1.29 is 43.2 Å². The highest BCUT2D eigenvalue weighted by Crippen LogP contribution is 2.20. The van der Waals surface area contributed by atoms with Crippen LogP contribution in [0.15, 0.2) is 70.9 Å². The maximum absolute atomic E-state index is 14.5. The Morgan fingerprint density at radius 3 is 1.71 bits per heavy atom. The monoisotopic (exact) mass is 1240 g/mol. The minimum atomic E-state index is -1.30. The number of guanidine groups is 1. The fourth-order valence-electron chi connectivity index (χ4n) is 9.94. The Bertz CT molecular complexity index is 2670. The number of H-pyrrole nitrogens is 1. The summed E-state index contributed by atoms with van der Waals surface area (Å²) in [7, 11) is 0. The fraction of sp³-hybridized carbons (Fsp3) is 0.609. The molecule has 0 aliphatic rings. The Balaban J connectivity index is 1.55. The number of aromatic amines is 1. The Morgan fingerprint density at radius 1 is 0.528 bits per heavy atom. The van der Waals surface area contributed by atoms with E-state index in [1.807, 2.05) is 31.2 Å². The van der Waals surface area contributed by atoms with Gasteiger partial charge in [0, 0.05) is 56.0 Å². The van der Waals surface area contributed by atoms with Crippen molar-refractivity contribution in [3.63, 3.8) is 0 Å². The molecule has 494 valence electrons. The molecule has 6 atom stereocenters. The van der Waals surface area contributed by atoms with Gasteiger partial charge in [-0.1, -0.05) is 152 Å². The molecule has 18 N–H and O–H groups in total. The van der Waals surface area contributed by atoms with E-state index in [0.717, 1.165) is 41.9 Å². The van der Waals surface area contributed by atoms with Gasteiger partial charge >= 0.3 is 0 Å². The molecule has 0 spiro atoms. The molecule has 1 aromatic heterocycles. The van der Waals surface area contributed by atoms with Gasteiger partial charge in [-0.2, -0.15) is 5.10 Å². The molecule has 89 heavy (non-hydrogen) atoms. The molecule has 25 heteroatoms. The predicted octanol–water partition coefficient (Wildman–Crippen LogP) is 3.42. The molecule has 0 saturated carbocycles. The van der Waals surface area contributed by atoms with Gasteiger partial charge in [0.1, 0.15) is 49.0 Å². The molecule has 0 aliphatic heterocycles. The zero-order chi connectivity index (χ0) is 65.0. The van der Waals surface area contributed by atoms with E-state index in [4.69, 9.17) is 22.9 Å². The number of rotatable bonds is 49. The van der Waals surface area contributed by atoms with Gasteiger partial charge < -0.3 is 75.9 Å². The van der Waals surface area contributed by atoms with Crippen LogP contribution in [0, 0.1) is 0 Å². The number of fused-ring (bicyclic) bond motifs is 1. The number of nitrogens with two attached hydrogens (primary N) is 4. The highest BCUT2D eigenvalue weighted by atomic mass is 16.2. The molecule has 2 aromatic carbocycles. The van der Waals surface area contributed by atoms with Crippen LogP contribution in [0.3, 0.4) is 0 Å². The first-order valence-corrected chi connectivity index (χ1v) is 32.2. The maximum atomic E-state index is 14.5. The number of hydrazone groups is 1. The summed E-state index contributed by atoms with van der Waals surface area (Å²) < 4.78 is 0. The van der Waals surface area contributed by atoms with Gasteiger partial charge in [0.15, 0.2) is 5.96 Å². The average Bonchev–Trinajstić information content (AvgIpc) is 2.20. The van der Waals surface area contributed by atoms with Crippen molar-refractivity contribution in [3.05, 3.63) is 71.9 Å². The smallest absolute Gasteiger partial charge is 0.264 e. The number of amides is 9. The van der Waals surface area contributed by atoms with Gasteiger partial charge in [0.2, 0.25) is 47.3 Å². The lowest BCUT2D eigenvalue weighted by Crippen LogP contribution is -2.59. The van der Waals surface area contributed by atoms with Crippen molar-refractivity contribution in [2.45, 2.75) is 218 Å². The summed E-state index contributed by atoms with van der Waals surface area (Å²) in [4.78, 5) is 128. The fourth-order valence-corrected chi connectivity index (χ4v) is 9.94. The van der Waals surface area contributed by atoms with E-state index in [9.17, 15) is 43.2 Å². The Hall–Kier alpha value is -8.09. The number of benzene rings is 2. The Labute approximate surface area is 525 Å². The van der Waals surface area contributed by atoms with E-state index >= 15 is 0 Å². The van der Waals surface area contributed by atoms with E-state index in [2.05, 4.69) is 70.0 Å². The van der Waals surface area contributed by atoms with Crippen molar-refractivity contribution in [1.29, 1.82) is 0 Å². The van der Waals surface area contributed by atoms with Crippen LogP contribution >= 0.6 is 0 Å². The second-order valence-corrected chi connectivity index (χ2v) is 22.7. The number of carbonyl (C=O) groups is 9. The predicted molar refractivity (Wildman–Crippen MR) is 348 cm³/mol. The van der Waals surface area contributed by atoms with E-state index in [1.54, 1.807) is 36.5 Å². The van der Waals surface area contributed by atoms with Crippen LogP contribution in [-0.2, 0) is 56.0 Å². The van der Waals surface area contributed by atoms with Crippen LogP contribution < -0.4 is 70.9 Å². The molecule has 9 amide bonds. The second kappa shape index (κ2) is 45.2. The normalized spacial score (nSPS) is 13.2. The number of primary amides is 1. The molecule has 0 saturated heterocycles. The largest absolute Gasteiger partial charge is 0.370 e. The first kappa shape index (κ1) is 75.2. The number of aliphatic imine (C=N–C) groups is 1. The van der Waals surface area contributed by atoms with E-state index in [-0.39, 0.29) is 63.5 Å². The third-order valence-electron chi connectivity index (χ3n) is 15.1. The average molecular weight is 1240 g/mol. The van der Waals surface area contributed by atoms with Crippen LogP contribution in [0.1, 0.15) is 180 Å². The van der Waals surface area contributed by atoms with E-state index < -0.39 is 83.5 Å². The molecule has 0 radical (unpaired) electrons. The third kappa shape index (κ3) is 32.6. The van der Waals surface area contributed by atoms with Gasteiger partial charge in [-0.05, 0) is 82.0 Å². The highest BCUT2D eigenvalue weighted by Gasteiger charge is 2.33. The molecular weight excluding hydrogens is 1140 g/mol. The van der Waals surface area contributed by atoms with Crippen LogP contribution in [0.25, 0.3) is 10.9 Å². The number of unbranched alkanes of at least 4 members (excludes halogenated alkanes) is 14. The van der Waals surface area contributed by atoms with Crippen molar-refractivity contribution in [2.75, 3.05) is 32.7 Å². The van der Waals surface area contributed by atoms with Gasteiger partial charge in [-0.15, -0.1) is 0 Å². The number of nitrogens with one attached hydrogen (secondary N) is 10. The molecule has 3 aromatic rings. The number of aromatic nitrogens is 1. The molecular formula is C64H104N16O9. The molecule has 0 unspecified atom stereocenters. The van der Waals surface area contributed by atoms with Crippen LogP contribution in [-0.4, -0.2) is 139 Å². The zero-order valence-corrected chi connectivity index (χ0v) is 52.9. The standard InChI is InChI=1S/C64H104N16O9/c1-4-6-8-9-10-11-12-13-14-15-16-17-21-35-55(81)69-38-27-39-70-56(82)43-73-74-44-57(83)76-50(31-7-5-2)60(86)75-45(3)59(85)77-51(33-24-25-36-65)62(88)80-54(40-46-28-19-18-20-29-46)63(89)78-52(34-26-37-71-64(67)68)61(87)79-53(58(66)84)41-47-42-72-49-32-23-22-30-48(47)49/h18-20,22-23,28-30,32,42-43,45,50-54,72,74H,4-17,21,24-27,31,33-41,44,65H2,1-3H3,(H2,66,84)(H,69,81)(H,70,82)(H,75,86)(H,76,83)(H,77,85)(H,78,89)(H,79,87)(H,80,88)(H4,67,68,71)/b73-43+/t45-,50-,51-,52-,53-,54+/m0/s1. The van der Waals surface area contributed by atoms with Gasteiger partial charge in [-0.25, -0.2) is 0 Å². The van der Waals surface area contributed by atoms with E-state index in [1.165, 1.54) is 71.1 Å². The number of nitrogens with zero attached hydrogens (tertiary/aromatic N) is 2. The SMILES string of the molecule is CCCCCCCCCCCCCCCC(=O)NCCCNC(=O)/C=N/NCC(=O)N[C@@H](CCCC)C(=O)N[C@@H](C)C(=O)N[C@@H](CCCCN)C(=O)N[C@H](Cc1ccccc1)C(=O)N[C@@H](CCCN=C(N)N)C(=O)N[C@@H](Cc1c[nH]c2ccccc12)C(N)=O. The lowest BCUT2D eigenvalue weighted by atomic mass is 10.0. The highest BCUT2D eigenvalue weighted by molar-refractivity contribution is 6.26. The third-order valence-corrected chi connectivity index (χ3v) is 15.1. The summed E-state index contributed by atoms with van der Waals surface area (Å²) in [5.74, 6) is -5.69. The number of para-hydroxylation sites is 1. The quantitative estimate of drug-likeness (QED) is 0.0167. The second-order valence-electron chi connectivity index (χ2n) is 22.7. The molecule has 25 nitrogen and oxygen atoms in total. The summed E-state index contributed by atoms with van der Waals surface area (Å²) in [6, 6.07) is 9.05. The summed E-state index contributed by atoms with van der Waals surface area (Å²) in [5.41, 5.74) is 27.4. The zero-order valence-electron chi connectivity index (χ0n) is 52.9. The van der Waals surface area contributed by atoms with Gasteiger partial charge in [-0.3, -0.25) is 48.1 Å².